The number of furan rings is 1. The molecular formula is C22H17NO6. The summed E-state index contributed by atoms with van der Waals surface area (Å²) in [4.78, 5) is 38.7. The summed E-state index contributed by atoms with van der Waals surface area (Å²) in [5.41, 5.74) is 1.45. The minimum atomic E-state index is -0.576. The zero-order valence-electron chi connectivity index (χ0n) is 15.6. The van der Waals surface area contributed by atoms with Crippen LogP contribution in [0.15, 0.2) is 65.3 Å². The summed E-state index contributed by atoms with van der Waals surface area (Å²) < 4.78 is 15.6. The van der Waals surface area contributed by atoms with Crippen LogP contribution < -0.4 is 4.74 Å². The number of hydrogen-bond donors (Lipinski definition) is 0. The summed E-state index contributed by atoms with van der Waals surface area (Å²) in [5.74, 6) is -0.251. The minimum absolute atomic E-state index is 0.0383. The van der Waals surface area contributed by atoms with Crippen LogP contribution >= 0.6 is 0 Å². The van der Waals surface area contributed by atoms with Gasteiger partial charge < -0.3 is 13.9 Å². The van der Waals surface area contributed by atoms with E-state index >= 15 is 0 Å². The van der Waals surface area contributed by atoms with Crippen LogP contribution in [0.25, 0.3) is 0 Å². The van der Waals surface area contributed by atoms with Crippen LogP contribution in [0.3, 0.4) is 0 Å². The molecular weight excluding hydrogens is 374 g/mol. The molecule has 0 spiro atoms. The second-order valence-corrected chi connectivity index (χ2v) is 6.46. The van der Waals surface area contributed by atoms with Gasteiger partial charge in [0.25, 0.3) is 11.8 Å². The molecule has 0 N–H and O–H groups in total. The van der Waals surface area contributed by atoms with E-state index in [2.05, 4.69) is 0 Å². The normalized spacial score (nSPS) is 12.8. The van der Waals surface area contributed by atoms with Gasteiger partial charge >= 0.3 is 5.97 Å². The van der Waals surface area contributed by atoms with Crippen molar-refractivity contribution in [3.05, 3.63) is 88.9 Å². The average molecular weight is 391 g/mol. The molecule has 0 radical (unpaired) electrons. The molecule has 1 aliphatic heterocycles. The number of rotatable bonds is 6. The predicted octanol–water partition coefficient (Wildman–Crippen LogP) is 3.44. The van der Waals surface area contributed by atoms with Gasteiger partial charge in [-0.25, -0.2) is 4.79 Å². The molecule has 2 heterocycles. The van der Waals surface area contributed by atoms with Crippen LogP contribution in [-0.2, 0) is 17.9 Å². The molecule has 7 heteroatoms. The average Bonchev–Trinajstić information content (AvgIpc) is 3.35. The van der Waals surface area contributed by atoms with Crippen LogP contribution in [0.5, 0.6) is 5.75 Å². The molecule has 0 aliphatic carbocycles. The Kier molecular flexibility index (Phi) is 4.87. The number of esters is 1. The maximum absolute atomic E-state index is 12.6. The Morgan fingerprint density at radius 1 is 1.00 bits per heavy atom. The predicted molar refractivity (Wildman–Crippen MR) is 101 cm³/mol. The molecule has 0 fully saturated rings. The van der Waals surface area contributed by atoms with Gasteiger partial charge in [-0.15, -0.1) is 0 Å². The van der Waals surface area contributed by atoms with Gasteiger partial charge in [0.05, 0.1) is 36.6 Å². The van der Waals surface area contributed by atoms with Crippen molar-refractivity contribution >= 4 is 17.8 Å². The Morgan fingerprint density at radius 3 is 2.45 bits per heavy atom. The largest absolute Gasteiger partial charge is 0.497 e. The summed E-state index contributed by atoms with van der Waals surface area (Å²) >= 11 is 0. The third-order valence-electron chi connectivity index (χ3n) is 4.63. The number of ether oxygens (including phenoxy) is 2. The lowest BCUT2D eigenvalue weighted by atomic mass is 10.1. The number of hydrogen-bond acceptors (Lipinski definition) is 6. The molecule has 0 bridgehead atoms. The minimum Gasteiger partial charge on any atom is -0.497 e. The summed E-state index contributed by atoms with van der Waals surface area (Å²) in [6.45, 7) is 0.119. The molecule has 4 rings (SSSR count). The van der Waals surface area contributed by atoms with E-state index in [1.807, 2.05) is 0 Å². The first-order valence-electron chi connectivity index (χ1n) is 8.89. The Bertz CT molecular complexity index is 1070. The van der Waals surface area contributed by atoms with Crippen molar-refractivity contribution in [2.45, 2.75) is 13.2 Å². The standard InChI is InChI=1S/C22H17NO6/c1-27-16-7-4-14(5-8-16)13-29-22(26)15-6-9-18-19(11-15)21(25)23(20(18)24)12-17-3-2-10-28-17/h2-11H,12-13H2,1H3. The Morgan fingerprint density at radius 2 is 1.76 bits per heavy atom. The second-order valence-electron chi connectivity index (χ2n) is 6.46. The quantitative estimate of drug-likeness (QED) is 0.473. The van der Waals surface area contributed by atoms with Gasteiger partial charge in [0.15, 0.2) is 0 Å². The number of carbonyl (C=O) groups is 3. The molecule has 0 atom stereocenters. The van der Waals surface area contributed by atoms with Crippen LogP contribution in [0, 0.1) is 0 Å². The van der Waals surface area contributed by atoms with Gasteiger partial charge in [0.2, 0.25) is 0 Å². The Labute approximate surface area is 166 Å². The SMILES string of the molecule is COc1ccc(COC(=O)c2ccc3c(c2)C(=O)N(Cc2ccco2)C3=O)cc1. The van der Waals surface area contributed by atoms with Gasteiger partial charge in [-0.05, 0) is 48.0 Å². The monoisotopic (exact) mass is 391 g/mol. The molecule has 2 amide bonds. The van der Waals surface area contributed by atoms with E-state index < -0.39 is 17.8 Å². The van der Waals surface area contributed by atoms with Crippen LogP contribution in [0.4, 0.5) is 0 Å². The maximum atomic E-state index is 12.6. The van der Waals surface area contributed by atoms with Crippen molar-refractivity contribution in [3.8, 4) is 5.75 Å². The van der Waals surface area contributed by atoms with Crippen molar-refractivity contribution < 1.29 is 28.3 Å². The van der Waals surface area contributed by atoms with E-state index in [1.54, 1.807) is 43.5 Å². The number of amides is 2. The van der Waals surface area contributed by atoms with Crippen LogP contribution in [0.1, 0.15) is 42.4 Å². The highest BCUT2D eigenvalue weighted by molar-refractivity contribution is 6.21. The molecule has 3 aromatic rings. The smallest absolute Gasteiger partial charge is 0.338 e. The third kappa shape index (κ3) is 3.62. The fourth-order valence-electron chi connectivity index (χ4n) is 3.07. The molecule has 0 unspecified atom stereocenters. The summed E-state index contributed by atoms with van der Waals surface area (Å²) in [7, 11) is 1.57. The number of nitrogens with zero attached hydrogens (tertiary/aromatic N) is 1. The molecule has 146 valence electrons. The number of carbonyl (C=O) groups excluding carboxylic acids is 3. The van der Waals surface area contributed by atoms with Crippen molar-refractivity contribution in [3.63, 3.8) is 0 Å². The first-order chi connectivity index (χ1) is 14.1. The molecule has 1 aliphatic rings. The van der Waals surface area contributed by atoms with E-state index in [0.29, 0.717) is 11.5 Å². The van der Waals surface area contributed by atoms with Gasteiger partial charge in [0.1, 0.15) is 18.1 Å². The summed E-state index contributed by atoms with van der Waals surface area (Å²) in [5, 5.41) is 0. The zero-order chi connectivity index (χ0) is 20.4. The van der Waals surface area contributed by atoms with Gasteiger partial charge in [-0.2, -0.15) is 0 Å². The van der Waals surface area contributed by atoms with Crippen molar-refractivity contribution in [2.24, 2.45) is 0 Å². The van der Waals surface area contributed by atoms with Gasteiger partial charge in [0, 0.05) is 0 Å². The fraction of sp³-hybridized carbons (Fsp3) is 0.136. The van der Waals surface area contributed by atoms with Crippen molar-refractivity contribution in [2.75, 3.05) is 7.11 Å². The summed E-state index contributed by atoms with van der Waals surface area (Å²) in [6.07, 6.45) is 1.48. The van der Waals surface area contributed by atoms with Crippen LogP contribution in [0.2, 0.25) is 0 Å². The zero-order valence-corrected chi connectivity index (χ0v) is 15.6. The first-order valence-corrected chi connectivity index (χ1v) is 8.89. The van der Waals surface area contributed by atoms with E-state index in [4.69, 9.17) is 13.9 Å². The lowest BCUT2D eigenvalue weighted by Crippen LogP contribution is -2.28. The highest BCUT2D eigenvalue weighted by Gasteiger charge is 2.36. The Balaban J connectivity index is 1.47. The number of imide groups is 1. The molecule has 0 saturated carbocycles. The Hall–Kier alpha value is -3.87. The van der Waals surface area contributed by atoms with E-state index in [9.17, 15) is 14.4 Å². The molecule has 1 aromatic heterocycles. The topological polar surface area (TPSA) is 86.1 Å². The summed E-state index contributed by atoms with van der Waals surface area (Å²) in [6, 6.07) is 14.9. The highest BCUT2D eigenvalue weighted by atomic mass is 16.5. The fourth-order valence-corrected chi connectivity index (χ4v) is 3.07. The third-order valence-corrected chi connectivity index (χ3v) is 4.63. The number of benzene rings is 2. The first kappa shape index (κ1) is 18.5. The van der Waals surface area contributed by atoms with Gasteiger partial charge in [-0.1, -0.05) is 12.1 Å². The second kappa shape index (κ2) is 7.63. The van der Waals surface area contributed by atoms with Crippen molar-refractivity contribution in [1.82, 2.24) is 4.90 Å². The molecule has 29 heavy (non-hydrogen) atoms. The lowest BCUT2D eigenvalue weighted by molar-refractivity contribution is 0.0472. The van der Waals surface area contributed by atoms with Gasteiger partial charge in [-0.3, -0.25) is 14.5 Å². The van der Waals surface area contributed by atoms with E-state index in [-0.39, 0.29) is 29.8 Å². The number of fused-ring (bicyclic) bond motifs is 1. The lowest BCUT2D eigenvalue weighted by Gasteiger charge is -2.11. The van der Waals surface area contributed by atoms with Crippen LogP contribution in [-0.4, -0.2) is 29.8 Å². The van der Waals surface area contributed by atoms with E-state index in [0.717, 1.165) is 10.5 Å². The maximum Gasteiger partial charge on any atom is 0.338 e. The highest BCUT2D eigenvalue weighted by Crippen LogP contribution is 2.26. The van der Waals surface area contributed by atoms with E-state index in [1.165, 1.54) is 24.5 Å². The van der Waals surface area contributed by atoms with Crippen molar-refractivity contribution in [1.29, 1.82) is 0 Å². The molecule has 0 saturated heterocycles. The molecule has 7 nitrogen and oxygen atoms in total. The number of methoxy groups -OCH3 is 1. The molecule has 2 aromatic carbocycles.